The van der Waals surface area contributed by atoms with E-state index in [-0.39, 0.29) is 25.0 Å². The highest BCUT2D eigenvalue weighted by Crippen LogP contribution is 2.19. The number of halogens is 2. The van der Waals surface area contributed by atoms with Gasteiger partial charge < -0.3 is 15.8 Å². The lowest BCUT2D eigenvalue weighted by atomic mass is 10.3. The summed E-state index contributed by atoms with van der Waals surface area (Å²) in [5.74, 6) is -0.324. The average Bonchev–Trinajstić information content (AvgIpc) is 2.72. The van der Waals surface area contributed by atoms with Crippen LogP contribution in [0.2, 0.25) is 0 Å². The van der Waals surface area contributed by atoms with Gasteiger partial charge >= 0.3 is 0 Å². The van der Waals surface area contributed by atoms with E-state index in [4.69, 9.17) is 5.73 Å². The largest absolute Gasteiger partial charge is 0.375 e. The van der Waals surface area contributed by atoms with Gasteiger partial charge in [-0.1, -0.05) is 0 Å². The molecule has 0 bridgehead atoms. The molecule has 0 saturated carbocycles. The Bertz CT molecular complexity index is 385. The SMILES string of the molecule is CC(N)c1csc(NC(=O)CCOCC(F)F)n1. The van der Waals surface area contributed by atoms with E-state index in [1.54, 1.807) is 12.3 Å². The van der Waals surface area contributed by atoms with Crippen molar-refractivity contribution in [2.24, 2.45) is 5.73 Å². The number of nitrogens with one attached hydrogen (secondary N) is 1. The Balaban J connectivity index is 2.26. The van der Waals surface area contributed by atoms with Crippen LogP contribution in [0.1, 0.15) is 25.1 Å². The molecule has 0 radical (unpaired) electrons. The fourth-order valence-corrected chi connectivity index (χ4v) is 1.90. The van der Waals surface area contributed by atoms with Crippen molar-refractivity contribution in [2.45, 2.75) is 25.8 Å². The monoisotopic (exact) mass is 279 g/mol. The van der Waals surface area contributed by atoms with E-state index in [0.717, 1.165) is 0 Å². The van der Waals surface area contributed by atoms with Gasteiger partial charge in [0.25, 0.3) is 6.43 Å². The normalized spacial score (nSPS) is 12.7. The maximum Gasteiger partial charge on any atom is 0.261 e. The summed E-state index contributed by atoms with van der Waals surface area (Å²) in [6, 6.07) is -0.193. The van der Waals surface area contributed by atoms with Crippen LogP contribution in [0.15, 0.2) is 5.38 Å². The van der Waals surface area contributed by atoms with Crippen LogP contribution in [0.25, 0.3) is 0 Å². The van der Waals surface area contributed by atoms with Crippen LogP contribution in [-0.4, -0.2) is 30.5 Å². The molecule has 0 aliphatic rings. The highest BCUT2D eigenvalue weighted by molar-refractivity contribution is 7.13. The molecule has 5 nitrogen and oxygen atoms in total. The third-order valence-electron chi connectivity index (χ3n) is 1.95. The summed E-state index contributed by atoms with van der Waals surface area (Å²) in [5, 5.41) is 4.75. The van der Waals surface area contributed by atoms with Gasteiger partial charge in [-0.05, 0) is 6.92 Å². The van der Waals surface area contributed by atoms with Crippen molar-refractivity contribution in [3.63, 3.8) is 0 Å². The summed E-state index contributed by atoms with van der Waals surface area (Å²) in [7, 11) is 0. The summed E-state index contributed by atoms with van der Waals surface area (Å²) in [5.41, 5.74) is 6.32. The Morgan fingerprint density at radius 3 is 2.94 bits per heavy atom. The number of nitrogens with two attached hydrogens (primary N) is 1. The number of hydrogen-bond donors (Lipinski definition) is 2. The molecular weight excluding hydrogens is 264 g/mol. The lowest BCUT2D eigenvalue weighted by molar-refractivity contribution is -0.117. The fraction of sp³-hybridized carbons (Fsp3) is 0.600. The number of carbonyl (C=O) groups is 1. The highest BCUT2D eigenvalue weighted by atomic mass is 32.1. The number of hydrogen-bond acceptors (Lipinski definition) is 5. The summed E-state index contributed by atoms with van der Waals surface area (Å²) in [6.07, 6.45) is -2.50. The van der Waals surface area contributed by atoms with Gasteiger partial charge in [-0.25, -0.2) is 13.8 Å². The van der Waals surface area contributed by atoms with Crippen molar-refractivity contribution >= 4 is 22.4 Å². The molecule has 1 aromatic rings. The number of rotatable bonds is 7. The van der Waals surface area contributed by atoms with E-state index in [1.165, 1.54) is 11.3 Å². The number of alkyl halides is 2. The number of carbonyl (C=O) groups excluding carboxylic acids is 1. The van der Waals surface area contributed by atoms with Crippen molar-refractivity contribution in [3.05, 3.63) is 11.1 Å². The Hall–Kier alpha value is -1.12. The van der Waals surface area contributed by atoms with Gasteiger partial charge in [0.05, 0.1) is 18.7 Å². The zero-order chi connectivity index (χ0) is 13.5. The van der Waals surface area contributed by atoms with Crippen LogP contribution >= 0.6 is 11.3 Å². The second kappa shape index (κ2) is 7.34. The summed E-state index contributed by atoms with van der Waals surface area (Å²) >= 11 is 1.27. The van der Waals surface area contributed by atoms with E-state index >= 15 is 0 Å². The predicted octanol–water partition coefficient (Wildman–Crippen LogP) is 1.77. The van der Waals surface area contributed by atoms with Gasteiger partial charge in [-0.3, -0.25) is 4.79 Å². The van der Waals surface area contributed by atoms with E-state index in [0.29, 0.717) is 10.8 Å². The smallest absolute Gasteiger partial charge is 0.261 e. The van der Waals surface area contributed by atoms with Crippen LogP contribution < -0.4 is 11.1 Å². The maximum atomic E-state index is 11.7. The minimum absolute atomic E-state index is 0.0137. The second-order valence-corrected chi connectivity index (χ2v) is 4.49. The first kappa shape index (κ1) is 14.9. The van der Waals surface area contributed by atoms with Gasteiger partial charge in [0, 0.05) is 11.4 Å². The van der Waals surface area contributed by atoms with Crippen molar-refractivity contribution in [1.29, 1.82) is 0 Å². The zero-order valence-electron chi connectivity index (χ0n) is 9.86. The van der Waals surface area contributed by atoms with Crippen LogP contribution in [0.4, 0.5) is 13.9 Å². The molecule has 8 heteroatoms. The molecule has 0 spiro atoms. The van der Waals surface area contributed by atoms with Crippen LogP contribution in [0.3, 0.4) is 0 Å². The predicted molar refractivity (Wildman–Crippen MR) is 64.8 cm³/mol. The molecule has 1 atom stereocenters. The van der Waals surface area contributed by atoms with Crippen molar-refractivity contribution in [1.82, 2.24) is 4.98 Å². The molecule has 1 amide bonds. The number of aromatic nitrogens is 1. The molecule has 3 N–H and O–H groups in total. The summed E-state index contributed by atoms with van der Waals surface area (Å²) in [6.45, 7) is 1.10. The van der Waals surface area contributed by atoms with Crippen LogP contribution in [-0.2, 0) is 9.53 Å². The first-order chi connectivity index (χ1) is 8.49. The molecule has 0 saturated heterocycles. The molecule has 18 heavy (non-hydrogen) atoms. The Kier molecular flexibility index (Phi) is 6.10. The Morgan fingerprint density at radius 2 is 2.39 bits per heavy atom. The molecular formula is C10H15F2N3O2S. The average molecular weight is 279 g/mol. The summed E-state index contributed by atoms with van der Waals surface area (Å²) < 4.78 is 28.1. The van der Waals surface area contributed by atoms with Gasteiger partial charge in [0.2, 0.25) is 5.91 Å². The van der Waals surface area contributed by atoms with Crippen LogP contribution in [0.5, 0.6) is 0 Å². The minimum Gasteiger partial charge on any atom is -0.375 e. The van der Waals surface area contributed by atoms with Crippen molar-refractivity contribution in [3.8, 4) is 0 Å². The standard InChI is InChI=1S/C10H15F2N3O2S/c1-6(13)7-5-18-10(14-7)15-9(16)2-3-17-4-8(11)12/h5-6,8H,2-4,13H2,1H3,(H,14,15,16). The molecule has 1 rings (SSSR count). The zero-order valence-corrected chi connectivity index (χ0v) is 10.7. The van der Waals surface area contributed by atoms with E-state index in [1.807, 2.05) is 0 Å². The lowest BCUT2D eigenvalue weighted by Crippen LogP contribution is -2.15. The fourth-order valence-electron chi connectivity index (χ4n) is 1.07. The topological polar surface area (TPSA) is 77.2 Å². The Labute approximate surface area is 107 Å². The molecule has 0 aliphatic carbocycles. The molecule has 102 valence electrons. The first-order valence-corrected chi connectivity index (χ1v) is 6.23. The Morgan fingerprint density at radius 1 is 1.67 bits per heavy atom. The van der Waals surface area contributed by atoms with Gasteiger partial charge in [-0.15, -0.1) is 11.3 Å². The summed E-state index contributed by atoms with van der Waals surface area (Å²) in [4.78, 5) is 15.5. The number of nitrogens with zero attached hydrogens (tertiary/aromatic N) is 1. The van der Waals surface area contributed by atoms with Gasteiger partial charge in [0.1, 0.15) is 6.61 Å². The molecule has 0 fully saturated rings. The van der Waals surface area contributed by atoms with Crippen molar-refractivity contribution < 1.29 is 18.3 Å². The number of thiazole rings is 1. The number of anilines is 1. The first-order valence-electron chi connectivity index (χ1n) is 5.35. The van der Waals surface area contributed by atoms with E-state index in [2.05, 4.69) is 15.0 Å². The molecule has 0 aromatic carbocycles. The lowest BCUT2D eigenvalue weighted by Gasteiger charge is -2.03. The third kappa shape index (κ3) is 5.48. The number of amides is 1. The second-order valence-electron chi connectivity index (χ2n) is 3.63. The van der Waals surface area contributed by atoms with Gasteiger partial charge in [-0.2, -0.15) is 0 Å². The maximum absolute atomic E-state index is 11.7. The molecule has 1 unspecified atom stereocenters. The minimum atomic E-state index is -2.51. The quantitative estimate of drug-likeness (QED) is 0.746. The van der Waals surface area contributed by atoms with Crippen molar-refractivity contribution in [2.75, 3.05) is 18.5 Å². The van der Waals surface area contributed by atoms with E-state index in [9.17, 15) is 13.6 Å². The highest BCUT2D eigenvalue weighted by Gasteiger charge is 2.09. The number of ether oxygens (including phenoxy) is 1. The van der Waals surface area contributed by atoms with Gasteiger partial charge in [0.15, 0.2) is 5.13 Å². The molecule has 0 aliphatic heterocycles. The van der Waals surface area contributed by atoms with E-state index < -0.39 is 13.0 Å². The molecule has 1 aromatic heterocycles. The van der Waals surface area contributed by atoms with Crippen LogP contribution in [0, 0.1) is 0 Å². The molecule has 1 heterocycles. The third-order valence-corrected chi connectivity index (χ3v) is 2.73.